The van der Waals surface area contributed by atoms with Crippen molar-refractivity contribution in [2.45, 2.75) is 19.1 Å². The van der Waals surface area contributed by atoms with Crippen LogP contribution >= 0.6 is 12.2 Å². The standard InChI is InChI=1S/C15H19N3O4S2/c1-17(12-7-8-24(19,20)9-12)10-18-15(23)22-14(16-18)11-3-5-13(21-2)6-4-11/h3-6,12H,7-10H2,1-2H3. The molecule has 2 aromatic rings. The van der Waals surface area contributed by atoms with Gasteiger partial charge < -0.3 is 9.15 Å². The first kappa shape index (κ1) is 17.1. The van der Waals surface area contributed by atoms with Crippen LogP contribution in [0.4, 0.5) is 0 Å². The van der Waals surface area contributed by atoms with Crippen LogP contribution in [-0.4, -0.2) is 54.8 Å². The highest BCUT2D eigenvalue weighted by Gasteiger charge is 2.30. The number of aromatic nitrogens is 2. The molecule has 24 heavy (non-hydrogen) atoms. The normalized spacial score (nSPS) is 19.7. The molecular formula is C15H19N3O4S2. The minimum atomic E-state index is -2.92. The Kier molecular flexibility index (Phi) is 4.75. The fraction of sp³-hybridized carbons (Fsp3) is 0.467. The largest absolute Gasteiger partial charge is 0.497 e. The molecule has 2 heterocycles. The van der Waals surface area contributed by atoms with Gasteiger partial charge in [-0.25, -0.2) is 13.1 Å². The lowest BCUT2D eigenvalue weighted by atomic mass is 10.2. The van der Waals surface area contributed by atoms with Crippen molar-refractivity contribution in [2.75, 3.05) is 25.7 Å². The predicted molar refractivity (Wildman–Crippen MR) is 92.1 cm³/mol. The van der Waals surface area contributed by atoms with Gasteiger partial charge in [-0.1, -0.05) is 0 Å². The molecule has 0 bridgehead atoms. The Labute approximate surface area is 145 Å². The van der Waals surface area contributed by atoms with E-state index in [2.05, 4.69) is 5.10 Å². The van der Waals surface area contributed by atoms with Gasteiger partial charge in [-0.05, 0) is 50.0 Å². The predicted octanol–water partition coefficient (Wildman–Crippen LogP) is 1.96. The van der Waals surface area contributed by atoms with Gasteiger partial charge in [-0.2, -0.15) is 0 Å². The molecule has 1 unspecified atom stereocenters. The first-order chi connectivity index (χ1) is 11.4. The monoisotopic (exact) mass is 369 g/mol. The molecule has 1 aromatic carbocycles. The van der Waals surface area contributed by atoms with Crippen molar-refractivity contribution in [3.63, 3.8) is 0 Å². The Bertz CT molecular complexity index is 871. The number of benzene rings is 1. The Morgan fingerprint density at radius 3 is 2.71 bits per heavy atom. The molecule has 0 spiro atoms. The van der Waals surface area contributed by atoms with Crippen molar-refractivity contribution >= 4 is 22.1 Å². The molecule has 0 amide bonds. The third-order valence-electron chi connectivity index (χ3n) is 4.13. The van der Waals surface area contributed by atoms with Crippen molar-refractivity contribution in [1.29, 1.82) is 0 Å². The van der Waals surface area contributed by atoms with Crippen LogP contribution in [0.15, 0.2) is 28.7 Å². The molecule has 0 aliphatic carbocycles. The average Bonchev–Trinajstić information content (AvgIpc) is 3.10. The SMILES string of the molecule is COc1ccc(-c2nn(CN(C)C3CCS(=O)(=O)C3)c(=S)o2)cc1. The highest BCUT2D eigenvalue weighted by atomic mass is 32.2. The van der Waals surface area contributed by atoms with Crippen molar-refractivity contribution in [1.82, 2.24) is 14.7 Å². The second-order valence-electron chi connectivity index (χ2n) is 5.86. The Hall–Kier alpha value is -1.71. The summed E-state index contributed by atoms with van der Waals surface area (Å²) in [5.74, 6) is 1.60. The molecule has 1 fully saturated rings. The lowest BCUT2D eigenvalue weighted by molar-refractivity contribution is 0.194. The molecule has 1 aromatic heterocycles. The molecule has 9 heteroatoms. The lowest BCUT2D eigenvalue weighted by Gasteiger charge is -2.22. The van der Waals surface area contributed by atoms with Crippen LogP contribution < -0.4 is 4.74 Å². The van der Waals surface area contributed by atoms with Crippen LogP contribution in [0.5, 0.6) is 5.75 Å². The van der Waals surface area contributed by atoms with Gasteiger partial charge in [0.15, 0.2) is 9.84 Å². The van der Waals surface area contributed by atoms with Gasteiger partial charge in [-0.15, -0.1) is 5.10 Å². The van der Waals surface area contributed by atoms with E-state index in [0.29, 0.717) is 19.0 Å². The molecule has 3 rings (SSSR count). The minimum Gasteiger partial charge on any atom is -0.497 e. The average molecular weight is 369 g/mol. The Morgan fingerprint density at radius 2 is 2.12 bits per heavy atom. The fourth-order valence-electron chi connectivity index (χ4n) is 2.70. The second-order valence-corrected chi connectivity index (χ2v) is 8.43. The maximum Gasteiger partial charge on any atom is 0.288 e. The van der Waals surface area contributed by atoms with Gasteiger partial charge in [0.1, 0.15) is 5.75 Å². The second kappa shape index (κ2) is 6.66. The molecule has 1 saturated heterocycles. The third kappa shape index (κ3) is 3.68. The topological polar surface area (TPSA) is 77.6 Å². The Morgan fingerprint density at radius 1 is 1.42 bits per heavy atom. The summed E-state index contributed by atoms with van der Waals surface area (Å²) >= 11 is 5.22. The first-order valence-corrected chi connectivity index (χ1v) is 9.74. The van der Waals surface area contributed by atoms with Crippen molar-refractivity contribution in [2.24, 2.45) is 0 Å². The number of hydrogen-bond acceptors (Lipinski definition) is 7. The zero-order valence-electron chi connectivity index (χ0n) is 13.5. The molecule has 0 N–H and O–H groups in total. The van der Waals surface area contributed by atoms with E-state index in [1.54, 1.807) is 11.8 Å². The Balaban J connectivity index is 1.75. The number of rotatable bonds is 5. The summed E-state index contributed by atoms with van der Waals surface area (Å²) in [5, 5.41) is 4.40. The van der Waals surface area contributed by atoms with Crippen LogP contribution in [0.25, 0.3) is 11.5 Å². The van der Waals surface area contributed by atoms with E-state index in [9.17, 15) is 8.42 Å². The van der Waals surface area contributed by atoms with E-state index < -0.39 is 9.84 Å². The van der Waals surface area contributed by atoms with Crippen molar-refractivity contribution in [3.05, 3.63) is 29.1 Å². The summed E-state index contributed by atoms with van der Waals surface area (Å²) in [6.45, 7) is 0.388. The number of hydrogen-bond donors (Lipinski definition) is 0. The van der Waals surface area contributed by atoms with E-state index in [-0.39, 0.29) is 22.4 Å². The number of ether oxygens (including phenoxy) is 1. The quantitative estimate of drug-likeness (QED) is 0.746. The van der Waals surface area contributed by atoms with Crippen LogP contribution in [0.3, 0.4) is 0 Å². The summed E-state index contributed by atoms with van der Waals surface area (Å²) in [4.78, 5) is 2.20. The molecule has 7 nitrogen and oxygen atoms in total. The molecule has 130 valence electrons. The zero-order valence-corrected chi connectivity index (χ0v) is 15.1. The van der Waals surface area contributed by atoms with E-state index in [0.717, 1.165) is 11.3 Å². The molecule has 1 aliphatic heterocycles. The summed E-state index contributed by atoms with van der Waals surface area (Å²) in [6.07, 6.45) is 0.634. The minimum absolute atomic E-state index is 0.0157. The van der Waals surface area contributed by atoms with Gasteiger partial charge >= 0.3 is 0 Å². The summed E-state index contributed by atoms with van der Waals surface area (Å²) in [5.41, 5.74) is 0.798. The van der Waals surface area contributed by atoms with Crippen LogP contribution in [0.2, 0.25) is 0 Å². The van der Waals surface area contributed by atoms with E-state index in [1.165, 1.54) is 0 Å². The first-order valence-electron chi connectivity index (χ1n) is 7.51. The summed E-state index contributed by atoms with van der Waals surface area (Å²) < 4.78 is 35.5. The van der Waals surface area contributed by atoms with Gasteiger partial charge in [0.05, 0.1) is 25.3 Å². The summed E-state index contributed by atoms with van der Waals surface area (Å²) in [7, 11) is 0.556. The van der Waals surface area contributed by atoms with Gasteiger partial charge in [-0.3, -0.25) is 4.90 Å². The smallest absolute Gasteiger partial charge is 0.288 e. The van der Waals surface area contributed by atoms with E-state index in [4.69, 9.17) is 21.4 Å². The number of methoxy groups -OCH3 is 1. The zero-order chi connectivity index (χ0) is 17.3. The van der Waals surface area contributed by atoms with Crippen LogP contribution in [0.1, 0.15) is 6.42 Å². The highest BCUT2D eigenvalue weighted by molar-refractivity contribution is 7.91. The number of nitrogens with zero attached hydrogens (tertiary/aromatic N) is 3. The molecule has 1 aliphatic rings. The van der Waals surface area contributed by atoms with Gasteiger partial charge in [0.2, 0.25) is 5.89 Å². The summed E-state index contributed by atoms with van der Waals surface area (Å²) in [6, 6.07) is 7.32. The molecule has 0 saturated carbocycles. The fourth-order valence-corrected chi connectivity index (χ4v) is 4.68. The van der Waals surface area contributed by atoms with Gasteiger partial charge in [0, 0.05) is 11.6 Å². The van der Waals surface area contributed by atoms with Crippen molar-refractivity contribution < 1.29 is 17.6 Å². The lowest BCUT2D eigenvalue weighted by Crippen LogP contribution is -2.34. The highest BCUT2D eigenvalue weighted by Crippen LogP contribution is 2.22. The molecule has 0 radical (unpaired) electrons. The van der Waals surface area contributed by atoms with Crippen LogP contribution in [0, 0.1) is 4.84 Å². The third-order valence-corrected chi connectivity index (χ3v) is 6.18. The number of sulfone groups is 1. The van der Waals surface area contributed by atoms with Crippen LogP contribution in [-0.2, 0) is 16.5 Å². The van der Waals surface area contributed by atoms with Gasteiger partial charge in [0.25, 0.3) is 4.84 Å². The molecule has 1 atom stereocenters. The maximum atomic E-state index is 11.6. The van der Waals surface area contributed by atoms with Crippen molar-refractivity contribution in [3.8, 4) is 17.2 Å². The van der Waals surface area contributed by atoms with E-state index >= 15 is 0 Å². The van der Waals surface area contributed by atoms with E-state index in [1.807, 2.05) is 36.2 Å². The molecular weight excluding hydrogens is 350 g/mol. The maximum absolute atomic E-state index is 11.6.